The van der Waals surface area contributed by atoms with Gasteiger partial charge in [-0.05, 0) is 38.5 Å². The quantitative estimate of drug-likeness (QED) is 0.793. The number of hydrogen-bond donors (Lipinski definition) is 1. The molecule has 1 atom stereocenters. The van der Waals surface area contributed by atoms with Gasteiger partial charge >= 0.3 is 0 Å². The third kappa shape index (κ3) is 3.68. The summed E-state index contributed by atoms with van der Waals surface area (Å²) in [5.41, 5.74) is 2.04. The molecule has 0 bridgehead atoms. The summed E-state index contributed by atoms with van der Waals surface area (Å²) >= 11 is 0. The van der Waals surface area contributed by atoms with Crippen molar-refractivity contribution >= 4 is 5.69 Å². The van der Waals surface area contributed by atoms with Crippen LogP contribution in [0.3, 0.4) is 0 Å². The summed E-state index contributed by atoms with van der Waals surface area (Å²) in [6.45, 7) is 7.31. The molecule has 0 aliphatic heterocycles. The van der Waals surface area contributed by atoms with Crippen molar-refractivity contribution in [1.82, 2.24) is 0 Å². The standard InChI is InChI=1S/C14H22FNO2/c1-5-18-7-6-16(4)14-8-10(2)13(15)9-12(14)11(3)17/h8-9,11,17H,5-7H2,1-4H3. The minimum atomic E-state index is -0.690. The largest absolute Gasteiger partial charge is 0.389 e. The number of hydrogen-bond acceptors (Lipinski definition) is 3. The molecule has 0 aliphatic rings. The van der Waals surface area contributed by atoms with Crippen LogP contribution in [-0.4, -0.2) is 31.9 Å². The SMILES string of the molecule is CCOCCN(C)c1cc(C)c(F)cc1C(C)O. The summed E-state index contributed by atoms with van der Waals surface area (Å²) < 4.78 is 18.8. The van der Waals surface area contributed by atoms with Gasteiger partial charge in [-0.2, -0.15) is 0 Å². The van der Waals surface area contributed by atoms with Gasteiger partial charge in [0.15, 0.2) is 0 Å². The van der Waals surface area contributed by atoms with Gasteiger partial charge in [0, 0.05) is 31.5 Å². The molecule has 1 aromatic carbocycles. The fourth-order valence-electron chi connectivity index (χ4n) is 1.81. The smallest absolute Gasteiger partial charge is 0.126 e. The van der Waals surface area contributed by atoms with Gasteiger partial charge < -0.3 is 14.7 Å². The molecule has 0 heterocycles. The molecule has 102 valence electrons. The summed E-state index contributed by atoms with van der Waals surface area (Å²) in [5, 5.41) is 9.72. The van der Waals surface area contributed by atoms with E-state index >= 15 is 0 Å². The lowest BCUT2D eigenvalue weighted by atomic mass is 10.0. The second-order valence-corrected chi connectivity index (χ2v) is 4.45. The van der Waals surface area contributed by atoms with Gasteiger partial charge in [-0.25, -0.2) is 4.39 Å². The maximum Gasteiger partial charge on any atom is 0.126 e. The third-order valence-corrected chi connectivity index (χ3v) is 2.94. The van der Waals surface area contributed by atoms with E-state index in [4.69, 9.17) is 4.74 Å². The van der Waals surface area contributed by atoms with Crippen LogP contribution in [0, 0.1) is 12.7 Å². The number of aliphatic hydroxyl groups is 1. The Morgan fingerprint density at radius 2 is 2.11 bits per heavy atom. The monoisotopic (exact) mass is 255 g/mol. The lowest BCUT2D eigenvalue weighted by molar-refractivity contribution is 0.154. The molecule has 0 saturated heterocycles. The van der Waals surface area contributed by atoms with E-state index in [9.17, 15) is 9.50 Å². The Labute approximate surface area is 108 Å². The van der Waals surface area contributed by atoms with Gasteiger partial charge in [-0.1, -0.05) is 0 Å². The zero-order valence-electron chi connectivity index (χ0n) is 11.5. The topological polar surface area (TPSA) is 32.7 Å². The van der Waals surface area contributed by atoms with Crippen LogP contribution in [-0.2, 0) is 4.74 Å². The number of aryl methyl sites for hydroxylation is 1. The van der Waals surface area contributed by atoms with Crippen molar-refractivity contribution in [3.63, 3.8) is 0 Å². The molecule has 0 aromatic heterocycles. The normalized spacial score (nSPS) is 12.6. The molecule has 1 N–H and O–H groups in total. The molecular weight excluding hydrogens is 233 g/mol. The second kappa shape index (κ2) is 6.71. The van der Waals surface area contributed by atoms with Gasteiger partial charge in [0.1, 0.15) is 5.82 Å². The average Bonchev–Trinajstić information content (AvgIpc) is 2.32. The number of likely N-dealkylation sites (N-methyl/N-ethyl adjacent to an activating group) is 1. The highest BCUT2D eigenvalue weighted by atomic mass is 19.1. The fraction of sp³-hybridized carbons (Fsp3) is 0.571. The van der Waals surface area contributed by atoms with Crippen molar-refractivity contribution in [2.24, 2.45) is 0 Å². The fourth-order valence-corrected chi connectivity index (χ4v) is 1.81. The van der Waals surface area contributed by atoms with E-state index in [-0.39, 0.29) is 5.82 Å². The Bertz CT molecular complexity index is 394. The Hall–Kier alpha value is -1.13. The van der Waals surface area contributed by atoms with Crippen LogP contribution in [0.25, 0.3) is 0 Å². The average molecular weight is 255 g/mol. The Morgan fingerprint density at radius 3 is 2.67 bits per heavy atom. The van der Waals surface area contributed by atoms with E-state index in [1.54, 1.807) is 19.9 Å². The van der Waals surface area contributed by atoms with Crippen molar-refractivity contribution < 1.29 is 14.2 Å². The zero-order chi connectivity index (χ0) is 13.7. The second-order valence-electron chi connectivity index (χ2n) is 4.45. The minimum absolute atomic E-state index is 0.284. The van der Waals surface area contributed by atoms with Crippen LogP contribution in [0.4, 0.5) is 10.1 Å². The van der Waals surface area contributed by atoms with Crippen molar-refractivity contribution in [2.45, 2.75) is 26.9 Å². The summed E-state index contributed by atoms with van der Waals surface area (Å²) in [6.07, 6.45) is -0.690. The maximum atomic E-state index is 13.5. The Kier molecular flexibility index (Phi) is 5.56. The first-order valence-corrected chi connectivity index (χ1v) is 6.24. The van der Waals surface area contributed by atoms with Crippen LogP contribution in [0.1, 0.15) is 31.1 Å². The van der Waals surface area contributed by atoms with Gasteiger partial charge in [-0.15, -0.1) is 0 Å². The van der Waals surface area contributed by atoms with Crippen LogP contribution in [0.15, 0.2) is 12.1 Å². The number of anilines is 1. The molecule has 0 spiro atoms. The molecule has 18 heavy (non-hydrogen) atoms. The first-order valence-electron chi connectivity index (χ1n) is 6.24. The van der Waals surface area contributed by atoms with Gasteiger partial charge in [0.05, 0.1) is 12.7 Å². The molecule has 1 rings (SSSR count). The first kappa shape index (κ1) is 14.9. The highest BCUT2D eigenvalue weighted by molar-refractivity contribution is 5.56. The van der Waals surface area contributed by atoms with Crippen molar-refractivity contribution in [3.8, 4) is 0 Å². The molecule has 3 nitrogen and oxygen atoms in total. The lowest BCUT2D eigenvalue weighted by Gasteiger charge is -2.24. The van der Waals surface area contributed by atoms with Crippen LogP contribution in [0.5, 0.6) is 0 Å². The van der Waals surface area contributed by atoms with Crippen LogP contribution < -0.4 is 4.90 Å². The predicted octanol–water partition coefficient (Wildman–Crippen LogP) is 2.66. The molecule has 0 radical (unpaired) electrons. The molecule has 0 fully saturated rings. The highest BCUT2D eigenvalue weighted by Gasteiger charge is 2.14. The summed E-state index contributed by atoms with van der Waals surface area (Å²) in [5.74, 6) is -0.284. The van der Waals surface area contributed by atoms with E-state index in [1.165, 1.54) is 6.07 Å². The number of rotatable bonds is 6. The molecule has 1 aromatic rings. The van der Waals surface area contributed by atoms with E-state index in [1.807, 2.05) is 18.9 Å². The predicted molar refractivity (Wildman–Crippen MR) is 71.5 cm³/mol. The van der Waals surface area contributed by atoms with Gasteiger partial charge in [0.2, 0.25) is 0 Å². The number of aliphatic hydroxyl groups excluding tert-OH is 1. The molecule has 0 amide bonds. The van der Waals surface area contributed by atoms with E-state index in [2.05, 4.69) is 0 Å². The van der Waals surface area contributed by atoms with Crippen molar-refractivity contribution in [1.29, 1.82) is 0 Å². The van der Waals surface area contributed by atoms with Crippen molar-refractivity contribution in [3.05, 3.63) is 29.1 Å². The Balaban J connectivity index is 2.94. The summed E-state index contributed by atoms with van der Waals surface area (Å²) in [6, 6.07) is 3.18. The molecule has 0 aliphatic carbocycles. The number of nitrogens with zero attached hydrogens (tertiary/aromatic N) is 1. The lowest BCUT2D eigenvalue weighted by Crippen LogP contribution is -2.24. The van der Waals surface area contributed by atoms with E-state index in [0.717, 1.165) is 5.69 Å². The number of benzene rings is 1. The van der Waals surface area contributed by atoms with Crippen LogP contribution in [0.2, 0.25) is 0 Å². The van der Waals surface area contributed by atoms with Crippen LogP contribution >= 0.6 is 0 Å². The van der Waals surface area contributed by atoms with Crippen molar-refractivity contribution in [2.75, 3.05) is 31.7 Å². The van der Waals surface area contributed by atoms with Gasteiger partial charge in [-0.3, -0.25) is 0 Å². The number of halogens is 1. The van der Waals surface area contributed by atoms with E-state index < -0.39 is 6.10 Å². The first-order chi connectivity index (χ1) is 8.47. The molecule has 0 saturated carbocycles. The summed E-state index contributed by atoms with van der Waals surface area (Å²) in [7, 11) is 1.91. The highest BCUT2D eigenvalue weighted by Crippen LogP contribution is 2.28. The maximum absolute atomic E-state index is 13.5. The van der Waals surface area contributed by atoms with E-state index in [0.29, 0.717) is 30.9 Å². The number of ether oxygens (including phenoxy) is 1. The molecule has 1 unspecified atom stereocenters. The molecule has 4 heteroatoms. The van der Waals surface area contributed by atoms with Gasteiger partial charge in [0.25, 0.3) is 0 Å². The molecular formula is C14H22FNO2. The minimum Gasteiger partial charge on any atom is -0.389 e. The summed E-state index contributed by atoms with van der Waals surface area (Å²) in [4.78, 5) is 1.98. The Morgan fingerprint density at radius 1 is 1.44 bits per heavy atom. The zero-order valence-corrected chi connectivity index (χ0v) is 11.5. The third-order valence-electron chi connectivity index (χ3n) is 2.94.